The van der Waals surface area contributed by atoms with Crippen molar-refractivity contribution in [3.05, 3.63) is 0 Å². The van der Waals surface area contributed by atoms with E-state index >= 15 is 0 Å². The van der Waals surface area contributed by atoms with E-state index in [1.54, 1.807) is 7.11 Å². The highest BCUT2D eigenvalue weighted by atomic mass is 16.5. The van der Waals surface area contributed by atoms with Crippen LogP contribution in [0.15, 0.2) is 0 Å². The molecule has 2 fully saturated rings. The third-order valence-corrected chi connectivity index (χ3v) is 5.70. The lowest BCUT2D eigenvalue weighted by atomic mass is 9.56. The lowest BCUT2D eigenvalue weighted by Crippen LogP contribution is -2.69. The second kappa shape index (κ2) is 5.19. The monoisotopic (exact) mass is 284 g/mol. The molecule has 2 rings (SSSR count). The van der Waals surface area contributed by atoms with Gasteiger partial charge in [-0.15, -0.1) is 0 Å². The van der Waals surface area contributed by atoms with Crippen molar-refractivity contribution in [2.45, 2.75) is 70.1 Å². The van der Waals surface area contributed by atoms with Gasteiger partial charge in [-0.2, -0.15) is 0 Å². The smallest absolute Gasteiger partial charge is 0.315 e. The molecule has 2 atom stereocenters. The molecule has 0 aliphatic heterocycles. The Morgan fingerprint density at radius 3 is 2.40 bits per heavy atom. The van der Waals surface area contributed by atoms with Crippen LogP contribution in [0.1, 0.15) is 52.9 Å². The number of hydrogen-bond donors (Lipinski definition) is 3. The van der Waals surface area contributed by atoms with Gasteiger partial charge in [0.1, 0.15) is 0 Å². The van der Waals surface area contributed by atoms with Crippen molar-refractivity contribution in [2.75, 3.05) is 13.7 Å². The zero-order valence-electron chi connectivity index (χ0n) is 13.1. The SMILES string of the molecule is COC1(C)CC(NC(=O)NCC2(O)CCCC2)C1(C)C. The minimum Gasteiger partial charge on any atom is -0.388 e. The highest BCUT2D eigenvalue weighted by molar-refractivity contribution is 5.74. The standard InChI is InChI=1S/C15H28N2O3/c1-13(2)11(9-14(13,3)20-4)17-12(18)16-10-15(19)7-5-6-8-15/h11,19H,5-10H2,1-4H3,(H2,16,17,18). The van der Waals surface area contributed by atoms with Crippen molar-refractivity contribution in [3.63, 3.8) is 0 Å². The topological polar surface area (TPSA) is 70.6 Å². The first-order valence-corrected chi connectivity index (χ1v) is 7.54. The first kappa shape index (κ1) is 15.6. The molecule has 0 spiro atoms. The van der Waals surface area contributed by atoms with Gasteiger partial charge in [0.15, 0.2) is 0 Å². The Bertz CT molecular complexity index is 377. The molecule has 116 valence electrons. The second-order valence-electron chi connectivity index (χ2n) is 7.17. The fraction of sp³-hybridized carbons (Fsp3) is 0.933. The van der Waals surface area contributed by atoms with Gasteiger partial charge in [-0.25, -0.2) is 4.79 Å². The van der Waals surface area contributed by atoms with Crippen LogP contribution in [0.5, 0.6) is 0 Å². The largest absolute Gasteiger partial charge is 0.388 e. The molecule has 0 aromatic heterocycles. The normalized spacial score (nSPS) is 34.4. The highest BCUT2D eigenvalue weighted by Crippen LogP contribution is 2.51. The fourth-order valence-corrected chi connectivity index (χ4v) is 3.39. The van der Waals surface area contributed by atoms with Gasteiger partial charge in [0.2, 0.25) is 0 Å². The zero-order chi connectivity index (χ0) is 15.0. The van der Waals surface area contributed by atoms with Gasteiger partial charge in [0.25, 0.3) is 0 Å². The number of rotatable bonds is 4. The van der Waals surface area contributed by atoms with E-state index < -0.39 is 5.60 Å². The predicted molar refractivity (Wildman–Crippen MR) is 77.6 cm³/mol. The summed E-state index contributed by atoms with van der Waals surface area (Å²) in [4.78, 5) is 12.0. The van der Waals surface area contributed by atoms with E-state index in [1.165, 1.54) is 0 Å². The molecule has 2 aliphatic carbocycles. The van der Waals surface area contributed by atoms with E-state index in [4.69, 9.17) is 4.74 Å². The number of urea groups is 1. The van der Waals surface area contributed by atoms with Crippen LogP contribution >= 0.6 is 0 Å². The number of nitrogens with one attached hydrogen (secondary N) is 2. The van der Waals surface area contributed by atoms with Gasteiger partial charge in [-0.1, -0.05) is 26.7 Å². The fourth-order valence-electron chi connectivity index (χ4n) is 3.39. The van der Waals surface area contributed by atoms with Crippen molar-refractivity contribution in [3.8, 4) is 0 Å². The number of amides is 2. The molecule has 0 heterocycles. The average molecular weight is 284 g/mol. The number of hydrogen-bond acceptors (Lipinski definition) is 3. The third kappa shape index (κ3) is 2.66. The number of methoxy groups -OCH3 is 1. The Morgan fingerprint density at radius 2 is 1.90 bits per heavy atom. The molecule has 0 aromatic carbocycles. The average Bonchev–Trinajstić information content (AvgIpc) is 2.83. The molecule has 20 heavy (non-hydrogen) atoms. The van der Waals surface area contributed by atoms with Crippen molar-refractivity contribution in [1.29, 1.82) is 0 Å². The summed E-state index contributed by atoms with van der Waals surface area (Å²) in [5.74, 6) is 0. The van der Waals surface area contributed by atoms with Crippen LogP contribution in [0.2, 0.25) is 0 Å². The van der Waals surface area contributed by atoms with Crippen LogP contribution in [-0.2, 0) is 4.74 Å². The van der Waals surface area contributed by atoms with E-state index in [-0.39, 0.29) is 23.1 Å². The first-order chi connectivity index (χ1) is 9.22. The summed E-state index contributed by atoms with van der Waals surface area (Å²) in [6.07, 6.45) is 4.46. The Morgan fingerprint density at radius 1 is 1.30 bits per heavy atom. The molecular weight excluding hydrogens is 256 g/mol. The summed E-state index contributed by atoms with van der Waals surface area (Å²) >= 11 is 0. The Hall–Kier alpha value is -0.810. The molecule has 5 nitrogen and oxygen atoms in total. The van der Waals surface area contributed by atoms with Gasteiger partial charge < -0.3 is 20.5 Å². The minimum atomic E-state index is -0.701. The van der Waals surface area contributed by atoms with Crippen molar-refractivity contribution >= 4 is 6.03 Å². The molecule has 0 radical (unpaired) electrons. The second-order valence-corrected chi connectivity index (χ2v) is 7.17. The van der Waals surface area contributed by atoms with Gasteiger partial charge >= 0.3 is 6.03 Å². The van der Waals surface area contributed by atoms with Crippen LogP contribution in [0.3, 0.4) is 0 Å². The van der Waals surface area contributed by atoms with Crippen LogP contribution in [-0.4, -0.2) is 42.0 Å². The Kier molecular flexibility index (Phi) is 4.04. The molecule has 0 aromatic rings. The van der Waals surface area contributed by atoms with Crippen molar-refractivity contribution in [2.24, 2.45) is 5.41 Å². The maximum Gasteiger partial charge on any atom is 0.315 e. The van der Waals surface area contributed by atoms with E-state index in [0.717, 1.165) is 32.1 Å². The third-order valence-electron chi connectivity index (χ3n) is 5.70. The van der Waals surface area contributed by atoms with Crippen LogP contribution < -0.4 is 10.6 Å². The minimum absolute atomic E-state index is 0.0939. The van der Waals surface area contributed by atoms with Gasteiger partial charge in [0.05, 0.1) is 11.2 Å². The molecule has 2 saturated carbocycles. The zero-order valence-corrected chi connectivity index (χ0v) is 13.1. The number of carbonyl (C=O) groups excluding carboxylic acids is 1. The molecule has 2 aliphatic rings. The molecular formula is C15H28N2O3. The van der Waals surface area contributed by atoms with E-state index in [0.29, 0.717) is 6.54 Å². The summed E-state index contributed by atoms with van der Waals surface area (Å²) < 4.78 is 5.55. The summed E-state index contributed by atoms with van der Waals surface area (Å²) in [6, 6.07) is -0.0905. The molecule has 3 N–H and O–H groups in total. The van der Waals surface area contributed by atoms with Crippen LogP contribution in [0.25, 0.3) is 0 Å². The van der Waals surface area contributed by atoms with Gasteiger partial charge in [-0.05, 0) is 26.2 Å². The quantitative estimate of drug-likeness (QED) is 0.737. The number of aliphatic hydroxyl groups is 1. The van der Waals surface area contributed by atoms with Crippen LogP contribution in [0, 0.1) is 5.41 Å². The summed E-state index contributed by atoms with van der Waals surface area (Å²) in [5, 5.41) is 16.0. The maximum absolute atomic E-state index is 12.0. The molecule has 5 heteroatoms. The van der Waals surface area contributed by atoms with Crippen molar-refractivity contribution in [1.82, 2.24) is 10.6 Å². The lowest BCUT2D eigenvalue weighted by Gasteiger charge is -2.59. The number of ether oxygens (including phenoxy) is 1. The Labute approximate surface area is 121 Å². The van der Waals surface area contributed by atoms with Gasteiger partial charge in [0, 0.05) is 25.1 Å². The Balaban J connectivity index is 1.79. The predicted octanol–water partition coefficient (Wildman–Crippen LogP) is 1.79. The first-order valence-electron chi connectivity index (χ1n) is 7.54. The number of carbonyl (C=O) groups is 1. The maximum atomic E-state index is 12.0. The van der Waals surface area contributed by atoms with E-state index in [1.807, 2.05) is 0 Å². The molecule has 0 bridgehead atoms. The lowest BCUT2D eigenvalue weighted by molar-refractivity contribution is -0.177. The highest BCUT2D eigenvalue weighted by Gasteiger charge is 2.58. The van der Waals surface area contributed by atoms with E-state index in [2.05, 4.69) is 31.4 Å². The van der Waals surface area contributed by atoms with E-state index in [9.17, 15) is 9.90 Å². The summed E-state index contributed by atoms with van der Waals surface area (Å²) in [5.41, 5.74) is -0.981. The molecule has 2 unspecified atom stereocenters. The van der Waals surface area contributed by atoms with Gasteiger partial charge in [-0.3, -0.25) is 0 Å². The van der Waals surface area contributed by atoms with Crippen molar-refractivity contribution < 1.29 is 14.6 Å². The van der Waals surface area contributed by atoms with Crippen LogP contribution in [0.4, 0.5) is 4.79 Å². The summed E-state index contributed by atoms with van der Waals surface area (Å²) in [7, 11) is 1.72. The molecule has 2 amide bonds. The molecule has 0 saturated heterocycles. The summed E-state index contributed by atoms with van der Waals surface area (Å²) in [6.45, 7) is 6.63.